The average Bonchev–Trinajstić information content (AvgIpc) is 3.21. The molecule has 7 aromatic rings. The largest absolute Gasteiger partial charge is 0.453 e. The molecule has 42 heavy (non-hydrogen) atoms. The molecule has 1 aliphatic rings. The predicted octanol–water partition coefficient (Wildman–Crippen LogP) is 11.4. The molecule has 2 heteroatoms. The van der Waals surface area contributed by atoms with Crippen molar-refractivity contribution >= 4 is 27.8 Å². The van der Waals surface area contributed by atoms with Gasteiger partial charge >= 0.3 is 0 Å². The van der Waals surface area contributed by atoms with Crippen LogP contribution < -0.4 is 9.64 Å². The first-order valence-corrected chi connectivity index (χ1v) is 14.3. The summed E-state index contributed by atoms with van der Waals surface area (Å²) in [6, 6.07) is 57.8. The van der Waals surface area contributed by atoms with E-state index in [4.69, 9.17) is 4.74 Å². The van der Waals surface area contributed by atoms with Gasteiger partial charge in [-0.1, -0.05) is 127 Å². The minimum Gasteiger partial charge on any atom is -0.453 e. The Morgan fingerprint density at radius 2 is 0.929 bits per heavy atom. The Kier molecular flexibility index (Phi) is 5.82. The summed E-state index contributed by atoms with van der Waals surface area (Å²) in [5.74, 6) is 1.73. The third-order valence-corrected chi connectivity index (χ3v) is 8.07. The Bertz CT molecular complexity index is 2050. The molecule has 0 fully saturated rings. The standard InChI is InChI=1S/C40H27NO/c1-3-12-28(13-4-1)29-22-25-32(26-23-29)41(31-15-5-2-6-16-31)38-21-11-20-36-34-18-9-10-19-35(34)37-27-24-30-14-7-8-17-33(30)39(37)42-40(36)38/h1-27H. The molecule has 0 bridgehead atoms. The van der Waals surface area contributed by atoms with Crippen LogP contribution in [0.3, 0.4) is 0 Å². The van der Waals surface area contributed by atoms with Gasteiger partial charge in [-0.15, -0.1) is 0 Å². The number of ether oxygens (including phenoxy) is 1. The van der Waals surface area contributed by atoms with Crippen LogP contribution in [0.1, 0.15) is 0 Å². The fourth-order valence-electron chi connectivity index (χ4n) is 6.08. The van der Waals surface area contributed by atoms with E-state index in [0.717, 1.165) is 56.0 Å². The monoisotopic (exact) mass is 537 g/mol. The SMILES string of the molecule is c1ccc(-c2ccc(N(c3ccccc3)c3cccc4c3Oc3c(ccc5ccccc35)-c3ccccc3-4)cc2)cc1. The number of fused-ring (bicyclic) bond motifs is 7. The topological polar surface area (TPSA) is 12.5 Å². The molecule has 1 aliphatic heterocycles. The average molecular weight is 538 g/mol. The Morgan fingerprint density at radius 3 is 1.69 bits per heavy atom. The zero-order chi connectivity index (χ0) is 27.9. The van der Waals surface area contributed by atoms with Gasteiger partial charge in [0.25, 0.3) is 0 Å². The zero-order valence-electron chi connectivity index (χ0n) is 22.9. The Morgan fingerprint density at radius 1 is 0.357 bits per heavy atom. The third-order valence-electron chi connectivity index (χ3n) is 8.07. The van der Waals surface area contributed by atoms with Crippen molar-refractivity contribution < 1.29 is 4.74 Å². The summed E-state index contributed by atoms with van der Waals surface area (Å²) < 4.78 is 7.10. The van der Waals surface area contributed by atoms with E-state index in [1.54, 1.807) is 0 Å². The highest BCUT2D eigenvalue weighted by Gasteiger charge is 2.27. The lowest BCUT2D eigenvalue weighted by Crippen LogP contribution is -2.11. The van der Waals surface area contributed by atoms with Crippen LogP contribution in [-0.4, -0.2) is 0 Å². The third kappa shape index (κ3) is 4.05. The number of hydrogen-bond donors (Lipinski definition) is 0. The molecule has 8 rings (SSSR count). The molecular formula is C40H27NO. The van der Waals surface area contributed by atoms with Crippen molar-refractivity contribution in [2.45, 2.75) is 0 Å². The van der Waals surface area contributed by atoms with E-state index < -0.39 is 0 Å². The highest BCUT2D eigenvalue weighted by atomic mass is 16.5. The molecule has 0 radical (unpaired) electrons. The van der Waals surface area contributed by atoms with Gasteiger partial charge in [-0.2, -0.15) is 0 Å². The minimum absolute atomic E-state index is 0.844. The molecule has 0 saturated carbocycles. The van der Waals surface area contributed by atoms with E-state index in [-0.39, 0.29) is 0 Å². The minimum atomic E-state index is 0.844. The van der Waals surface area contributed by atoms with Gasteiger partial charge in [0.05, 0.1) is 5.69 Å². The van der Waals surface area contributed by atoms with E-state index in [9.17, 15) is 0 Å². The summed E-state index contributed by atoms with van der Waals surface area (Å²) in [5.41, 5.74) is 10.0. The molecule has 0 spiro atoms. The van der Waals surface area contributed by atoms with Gasteiger partial charge in [-0.3, -0.25) is 0 Å². The molecule has 0 atom stereocenters. The van der Waals surface area contributed by atoms with E-state index in [0.29, 0.717) is 0 Å². The predicted molar refractivity (Wildman–Crippen MR) is 175 cm³/mol. The summed E-state index contributed by atoms with van der Waals surface area (Å²) in [5, 5.41) is 2.26. The maximum atomic E-state index is 7.10. The van der Waals surface area contributed by atoms with Crippen LogP contribution in [0.5, 0.6) is 11.5 Å². The van der Waals surface area contributed by atoms with E-state index in [1.165, 1.54) is 16.7 Å². The molecule has 0 unspecified atom stereocenters. The molecular weight excluding hydrogens is 510 g/mol. The number of para-hydroxylation sites is 2. The first-order chi connectivity index (χ1) is 20.8. The lowest BCUT2D eigenvalue weighted by Gasteiger charge is -2.28. The second-order valence-electron chi connectivity index (χ2n) is 10.5. The molecule has 198 valence electrons. The molecule has 1 heterocycles. The van der Waals surface area contributed by atoms with Crippen LogP contribution in [0.15, 0.2) is 164 Å². The van der Waals surface area contributed by atoms with Gasteiger partial charge in [0.2, 0.25) is 0 Å². The summed E-state index contributed by atoms with van der Waals surface area (Å²) in [6.45, 7) is 0. The van der Waals surface area contributed by atoms with Crippen LogP contribution in [0.2, 0.25) is 0 Å². The fourth-order valence-corrected chi connectivity index (χ4v) is 6.08. The molecule has 2 nitrogen and oxygen atoms in total. The van der Waals surface area contributed by atoms with Crippen LogP contribution in [-0.2, 0) is 0 Å². The molecule has 0 saturated heterocycles. The van der Waals surface area contributed by atoms with Crippen LogP contribution in [0.4, 0.5) is 17.1 Å². The van der Waals surface area contributed by atoms with Crippen LogP contribution >= 0.6 is 0 Å². The van der Waals surface area contributed by atoms with Crippen molar-refractivity contribution in [3.63, 3.8) is 0 Å². The lowest BCUT2D eigenvalue weighted by atomic mass is 9.93. The lowest BCUT2D eigenvalue weighted by molar-refractivity contribution is 0.494. The Balaban J connectivity index is 1.37. The maximum Gasteiger partial charge on any atom is 0.159 e. The fraction of sp³-hybridized carbons (Fsp3) is 0. The van der Waals surface area contributed by atoms with Crippen molar-refractivity contribution in [2.24, 2.45) is 0 Å². The summed E-state index contributed by atoms with van der Waals surface area (Å²) >= 11 is 0. The van der Waals surface area contributed by atoms with Gasteiger partial charge in [0.15, 0.2) is 5.75 Å². The van der Waals surface area contributed by atoms with Gasteiger partial charge in [0.1, 0.15) is 5.75 Å². The molecule has 0 aromatic heterocycles. The molecule has 0 amide bonds. The number of anilines is 3. The smallest absolute Gasteiger partial charge is 0.159 e. The Labute approximate surface area is 245 Å². The van der Waals surface area contributed by atoms with Gasteiger partial charge in [-0.25, -0.2) is 0 Å². The molecule has 0 N–H and O–H groups in total. The second kappa shape index (κ2) is 10.1. The van der Waals surface area contributed by atoms with Crippen molar-refractivity contribution in [2.75, 3.05) is 4.90 Å². The number of rotatable bonds is 4. The van der Waals surface area contributed by atoms with Gasteiger partial charge in [-0.05, 0) is 64.0 Å². The second-order valence-corrected chi connectivity index (χ2v) is 10.5. The Hall–Kier alpha value is -5.60. The van der Waals surface area contributed by atoms with E-state index in [2.05, 4.69) is 169 Å². The van der Waals surface area contributed by atoms with Crippen molar-refractivity contribution in [3.05, 3.63) is 164 Å². The molecule has 7 aromatic carbocycles. The number of nitrogens with zero attached hydrogens (tertiary/aromatic N) is 1. The van der Waals surface area contributed by atoms with E-state index in [1.807, 2.05) is 0 Å². The maximum absolute atomic E-state index is 7.10. The van der Waals surface area contributed by atoms with Gasteiger partial charge < -0.3 is 9.64 Å². The highest BCUT2D eigenvalue weighted by molar-refractivity contribution is 6.02. The normalized spacial score (nSPS) is 11.5. The van der Waals surface area contributed by atoms with Gasteiger partial charge in [0, 0.05) is 27.9 Å². The summed E-state index contributed by atoms with van der Waals surface area (Å²) in [7, 11) is 0. The van der Waals surface area contributed by atoms with Crippen molar-refractivity contribution in [3.8, 4) is 44.9 Å². The quantitative estimate of drug-likeness (QED) is 0.221. The van der Waals surface area contributed by atoms with Crippen LogP contribution in [0.25, 0.3) is 44.2 Å². The number of benzene rings is 7. The van der Waals surface area contributed by atoms with Crippen molar-refractivity contribution in [1.82, 2.24) is 0 Å². The first kappa shape index (κ1) is 24.2. The zero-order valence-corrected chi connectivity index (χ0v) is 22.9. The highest BCUT2D eigenvalue weighted by Crippen LogP contribution is 2.53. The first-order valence-electron chi connectivity index (χ1n) is 14.3. The van der Waals surface area contributed by atoms with Crippen molar-refractivity contribution in [1.29, 1.82) is 0 Å². The molecule has 0 aliphatic carbocycles. The number of hydrogen-bond acceptors (Lipinski definition) is 2. The van der Waals surface area contributed by atoms with E-state index >= 15 is 0 Å². The summed E-state index contributed by atoms with van der Waals surface area (Å²) in [6.07, 6.45) is 0. The summed E-state index contributed by atoms with van der Waals surface area (Å²) in [4.78, 5) is 2.30. The van der Waals surface area contributed by atoms with Crippen LogP contribution in [0, 0.1) is 0 Å².